The molecule has 0 amide bonds. The van der Waals surface area contributed by atoms with Crippen molar-refractivity contribution < 1.29 is 9.13 Å². The fourth-order valence-corrected chi connectivity index (χ4v) is 2.15. The van der Waals surface area contributed by atoms with Crippen molar-refractivity contribution >= 4 is 11.6 Å². The third-order valence-corrected chi connectivity index (χ3v) is 3.82. The van der Waals surface area contributed by atoms with E-state index in [1.807, 2.05) is 12.1 Å². The second-order valence-electron chi connectivity index (χ2n) is 4.90. The summed E-state index contributed by atoms with van der Waals surface area (Å²) in [6.07, 6.45) is 1.12. The van der Waals surface area contributed by atoms with Gasteiger partial charge in [-0.15, -0.1) is 0 Å². The Morgan fingerprint density at radius 1 is 1.15 bits per heavy atom. The van der Waals surface area contributed by atoms with Crippen molar-refractivity contribution in [2.45, 2.75) is 32.8 Å². The van der Waals surface area contributed by atoms with E-state index in [9.17, 15) is 4.39 Å². The first-order valence-corrected chi connectivity index (χ1v) is 7.14. The molecule has 2 aromatic carbocycles. The van der Waals surface area contributed by atoms with Gasteiger partial charge >= 0.3 is 0 Å². The van der Waals surface area contributed by atoms with Crippen LogP contribution in [0.3, 0.4) is 0 Å². The summed E-state index contributed by atoms with van der Waals surface area (Å²) in [7, 11) is 0. The minimum atomic E-state index is -0.336. The van der Waals surface area contributed by atoms with E-state index >= 15 is 0 Å². The maximum atomic E-state index is 12.9. The summed E-state index contributed by atoms with van der Waals surface area (Å²) in [5, 5.41) is 0.390. The molecule has 1 nitrogen and oxygen atoms in total. The summed E-state index contributed by atoms with van der Waals surface area (Å²) in [6, 6.07) is 12.4. The SMILES string of the molecule is CCC(C)c1ccc(OCc2ccc(F)cc2Cl)cc1. The predicted octanol–water partition coefficient (Wildman–Crippen LogP) is 5.57. The van der Waals surface area contributed by atoms with E-state index in [1.54, 1.807) is 6.07 Å². The molecule has 1 unspecified atom stereocenters. The van der Waals surface area contributed by atoms with Crippen molar-refractivity contribution in [2.24, 2.45) is 0 Å². The van der Waals surface area contributed by atoms with Crippen LogP contribution in [-0.2, 0) is 6.61 Å². The lowest BCUT2D eigenvalue weighted by molar-refractivity contribution is 0.306. The number of hydrogen-bond donors (Lipinski definition) is 0. The van der Waals surface area contributed by atoms with Gasteiger partial charge in [-0.3, -0.25) is 0 Å². The molecule has 0 spiro atoms. The molecule has 0 aliphatic rings. The molecular formula is C17H18ClFO. The van der Waals surface area contributed by atoms with E-state index in [0.717, 1.165) is 17.7 Å². The molecule has 0 saturated carbocycles. The van der Waals surface area contributed by atoms with Crippen LogP contribution in [0.5, 0.6) is 5.75 Å². The molecule has 3 heteroatoms. The summed E-state index contributed by atoms with van der Waals surface area (Å²) >= 11 is 5.96. The minimum Gasteiger partial charge on any atom is -0.489 e. The van der Waals surface area contributed by atoms with Gasteiger partial charge in [0.25, 0.3) is 0 Å². The molecule has 1 atom stereocenters. The van der Waals surface area contributed by atoms with Gasteiger partial charge in [-0.25, -0.2) is 4.39 Å². The standard InChI is InChI=1S/C17H18ClFO/c1-3-12(2)13-5-8-16(9-6-13)20-11-14-4-7-15(19)10-17(14)18/h4-10,12H,3,11H2,1-2H3. The first-order valence-electron chi connectivity index (χ1n) is 6.77. The molecule has 0 radical (unpaired) electrons. The van der Waals surface area contributed by atoms with E-state index in [4.69, 9.17) is 16.3 Å². The van der Waals surface area contributed by atoms with Crippen molar-refractivity contribution in [3.63, 3.8) is 0 Å². The molecule has 0 bridgehead atoms. The first-order chi connectivity index (χ1) is 9.60. The molecule has 0 aliphatic carbocycles. The maximum absolute atomic E-state index is 12.9. The van der Waals surface area contributed by atoms with Crippen LogP contribution in [0, 0.1) is 5.82 Å². The molecule has 0 aliphatic heterocycles. The zero-order valence-corrected chi connectivity index (χ0v) is 12.5. The van der Waals surface area contributed by atoms with Crippen molar-refractivity contribution in [3.05, 3.63) is 64.4 Å². The van der Waals surface area contributed by atoms with Crippen LogP contribution in [0.4, 0.5) is 4.39 Å². The van der Waals surface area contributed by atoms with Gasteiger partial charge in [-0.05, 0) is 42.2 Å². The zero-order chi connectivity index (χ0) is 14.5. The van der Waals surface area contributed by atoms with Gasteiger partial charge in [0.15, 0.2) is 0 Å². The van der Waals surface area contributed by atoms with E-state index in [0.29, 0.717) is 17.5 Å². The topological polar surface area (TPSA) is 9.23 Å². The minimum absolute atomic E-state index is 0.335. The molecule has 0 fully saturated rings. The van der Waals surface area contributed by atoms with Crippen molar-refractivity contribution in [1.82, 2.24) is 0 Å². The highest BCUT2D eigenvalue weighted by molar-refractivity contribution is 6.31. The lowest BCUT2D eigenvalue weighted by Gasteiger charge is -2.11. The Kier molecular flexibility index (Phi) is 5.02. The molecule has 2 rings (SSSR count). The zero-order valence-electron chi connectivity index (χ0n) is 11.7. The van der Waals surface area contributed by atoms with E-state index in [1.165, 1.54) is 17.7 Å². The monoisotopic (exact) mass is 292 g/mol. The fraction of sp³-hybridized carbons (Fsp3) is 0.294. The molecule has 20 heavy (non-hydrogen) atoms. The van der Waals surface area contributed by atoms with Crippen LogP contribution < -0.4 is 4.74 Å². The second-order valence-corrected chi connectivity index (χ2v) is 5.31. The molecule has 0 saturated heterocycles. The van der Waals surface area contributed by atoms with Gasteiger partial charge < -0.3 is 4.74 Å². The van der Waals surface area contributed by atoms with E-state index in [2.05, 4.69) is 26.0 Å². The van der Waals surface area contributed by atoms with Crippen molar-refractivity contribution in [3.8, 4) is 5.75 Å². The van der Waals surface area contributed by atoms with Crippen molar-refractivity contribution in [1.29, 1.82) is 0 Å². The number of benzene rings is 2. The fourth-order valence-electron chi connectivity index (χ4n) is 1.93. The van der Waals surface area contributed by atoms with Gasteiger partial charge in [0.1, 0.15) is 18.2 Å². The smallest absolute Gasteiger partial charge is 0.124 e. The Hall–Kier alpha value is -1.54. The summed E-state index contributed by atoms with van der Waals surface area (Å²) in [6.45, 7) is 4.71. The largest absolute Gasteiger partial charge is 0.489 e. The van der Waals surface area contributed by atoms with Crippen LogP contribution in [0.2, 0.25) is 5.02 Å². The quantitative estimate of drug-likeness (QED) is 0.700. The predicted molar refractivity (Wildman–Crippen MR) is 80.9 cm³/mol. The van der Waals surface area contributed by atoms with E-state index in [-0.39, 0.29) is 5.82 Å². The summed E-state index contributed by atoms with van der Waals surface area (Å²) in [5.41, 5.74) is 2.08. The second kappa shape index (κ2) is 6.76. The molecular weight excluding hydrogens is 275 g/mol. The highest BCUT2D eigenvalue weighted by atomic mass is 35.5. The lowest BCUT2D eigenvalue weighted by atomic mass is 9.99. The number of rotatable bonds is 5. The van der Waals surface area contributed by atoms with Crippen LogP contribution >= 0.6 is 11.6 Å². The van der Waals surface area contributed by atoms with Gasteiger partial charge in [0, 0.05) is 5.56 Å². The van der Waals surface area contributed by atoms with Crippen LogP contribution in [-0.4, -0.2) is 0 Å². The normalized spacial score (nSPS) is 12.2. The maximum Gasteiger partial charge on any atom is 0.124 e. The third-order valence-electron chi connectivity index (χ3n) is 3.47. The highest BCUT2D eigenvalue weighted by Gasteiger charge is 2.05. The third kappa shape index (κ3) is 3.73. The molecule has 0 aromatic heterocycles. The van der Waals surface area contributed by atoms with Gasteiger partial charge in [0.05, 0.1) is 5.02 Å². The van der Waals surface area contributed by atoms with Gasteiger partial charge in [-0.2, -0.15) is 0 Å². The molecule has 106 valence electrons. The molecule has 2 aromatic rings. The number of hydrogen-bond acceptors (Lipinski definition) is 1. The average Bonchev–Trinajstić information content (AvgIpc) is 2.46. The van der Waals surface area contributed by atoms with Crippen molar-refractivity contribution in [2.75, 3.05) is 0 Å². The number of ether oxygens (including phenoxy) is 1. The summed E-state index contributed by atoms with van der Waals surface area (Å²) in [4.78, 5) is 0. The summed E-state index contributed by atoms with van der Waals surface area (Å²) in [5.74, 6) is 1.00. The van der Waals surface area contributed by atoms with Crippen LogP contribution in [0.15, 0.2) is 42.5 Å². The molecule has 0 N–H and O–H groups in total. The Labute approximate surface area is 124 Å². The average molecular weight is 293 g/mol. The van der Waals surface area contributed by atoms with Gasteiger partial charge in [0.2, 0.25) is 0 Å². The van der Waals surface area contributed by atoms with Gasteiger partial charge in [-0.1, -0.05) is 43.6 Å². The van der Waals surface area contributed by atoms with Crippen LogP contribution in [0.1, 0.15) is 37.3 Å². The van der Waals surface area contributed by atoms with Crippen LogP contribution in [0.25, 0.3) is 0 Å². The Morgan fingerprint density at radius 3 is 2.45 bits per heavy atom. The van der Waals surface area contributed by atoms with E-state index < -0.39 is 0 Å². The lowest BCUT2D eigenvalue weighted by Crippen LogP contribution is -1.97. The Morgan fingerprint density at radius 2 is 1.85 bits per heavy atom. The summed E-state index contributed by atoms with van der Waals surface area (Å²) < 4.78 is 18.6. The first kappa shape index (κ1) is 14.9. The number of halogens is 2. The molecule has 0 heterocycles. The Bertz CT molecular complexity index is 566. The Balaban J connectivity index is 2.00. The highest BCUT2D eigenvalue weighted by Crippen LogP contribution is 2.23.